The standard InChI is InChI=1S/C16H27N3O/c1-13-4-5-14(16(20)15(13)12-18(2)3)6-9-19-10-7-17-8-11-19/h4-5,17,20H,6-12H2,1-3H3. The highest BCUT2D eigenvalue weighted by molar-refractivity contribution is 5.45. The Morgan fingerprint density at radius 1 is 1.25 bits per heavy atom. The van der Waals surface area contributed by atoms with Crippen molar-refractivity contribution in [1.82, 2.24) is 15.1 Å². The Labute approximate surface area is 122 Å². The van der Waals surface area contributed by atoms with Crippen molar-refractivity contribution in [1.29, 1.82) is 0 Å². The third-order valence-electron chi connectivity index (χ3n) is 3.98. The molecule has 4 heteroatoms. The van der Waals surface area contributed by atoms with Crippen molar-refractivity contribution in [3.63, 3.8) is 0 Å². The predicted molar refractivity (Wildman–Crippen MR) is 83.2 cm³/mol. The molecule has 0 atom stereocenters. The van der Waals surface area contributed by atoms with Gasteiger partial charge < -0.3 is 20.2 Å². The Morgan fingerprint density at radius 3 is 2.60 bits per heavy atom. The number of piperazine rings is 1. The molecule has 0 bridgehead atoms. The van der Waals surface area contributed by atoms with E-state index in [2.05, 4.69) is 34.2 Å². The third kappa shape index (κ3) is 3.95. The minimum Gasteiger partial charge on any atom is -0.507 e. The number of hydrogen-bond donors (Lipinski definition) is 2. The summed E-state index contributed by atoms with van der Waals surface area (Å²) >= 11 is 0. The molecule has 2 rings (SSSR count). The SMILES string of the molecule is Cc1ccc(CCN2CCNCC2)c(O)c1CN(C)C. The number of benzene rings is 1. The Hall–Kier alpha value is -1.10. The second kappa shape index (κ2) is 7.07. The van der Waals surface area contributed by atoms with Gasteiger partial charge in [0.05, 0.1) is 0 Å². The van der Waals surface area contributed by atoms with E-state index in [-0.39, 0.29) is 0 Å². The first kappa shape index (κ1) is 15.3. The molecule has 1 aromatic rings. The van der Waals surface area contributed by atoms with Gasteiger partial charge in [-0.15, -0.1) is 0 Å². The number of aryl methyl sites for hydroxylation is 1. The van der Waals surface area contributed by atoms with E-state index in [9.17, 15) is 5.11 Å². The first-order chi connectivity index (χ1) is 9.58. The fourth-order valence-electron chi connectivity index (χ4n) is 2.72. The summed E-state index contributed by atoms with van der Waals surface area (Å²) < 4.78 is 0. The Balaban J connectivity index is 2.03. The topological polar surface area (TPSA) is 38.7 Å². The molecule has 2 N–H and O–H groups in total. The van der Waals surface area contributed by atoms with Crippen LogP contribution in [0.4, 0.5) is 0 Å². The molecule has 1 heterocycles. The highest BCUT2D eigenvalue weighted by Crippen LogP contribution is 2.27. The van der Waals surface area contributed by atoms with E-state index in [1.807, 2.05) is 14.1 Å². The molecule has 1 fully saturated rings. The van der Waals surface area contributed by atoms with E-state index >= 15 is 0 Å². The molecule has 0 amide bonds. The van der Waals surface area contributed by atoms with E-state index in [0.29, 0.717) is 5.75 Å². The Morgan fingerprint density at radius 2 is 1.95 bits per heavy atom. The maximum Gasteiger partial charge on any atom is 0.123 e. The van der Waals surface area contributed by atoms with Gasteiger partial charge in [0.15, 0.2) is 0 Å². The number of nitrogens with one attached hydrogen (secondary N) is 1. The first-order valence-corrected chi connectivity index (χ1v) is 7.46. The molecule has 4 nitrogen and oxygen atoms in total. The van der Waals surface area contributed by atoms with Crippen LogP contribution < -0.4 is 5.32 Å². The van der Waals surface area contributed by atoms with Crippen LogP contribution in [0.3, 0.4) is 0 Å². The third-order valence-corrected chi connectivity index (χ3v) is 3.98. The van der Waals surface area contributed by atoms with E-state index < -0.39 is 0 Å². The van der Waals surface area contributed by atoms with Crippen molar-refractivity contribution in [3.8, 4) is 5.75 Å². The molecular weight excluding hydrogens is 250 g/mol. The zero-order valence-corrected chi connectivity index (χ0v) is 12.9. The second-order valence-electron chi connectivity index (χ2n) is 5.95. The van der Waals surface area contributed by atoms with Crippen LogP contribution in [0.1, 0.15) is 16.7 Å². The van der Waals surface area contributed by atoms with Gasteiger partial charge in [0, 0.05) is 44.8 Å². The van der Waals surface area contributed by atoms with Crippen LogP contribution in [-0.2, 0) is 13.0 Å². The molecular formula is C16H27N3O. The van der Waals surface area contributed by atoms with Gasteiger partial charge in [0.1, 0.15) is 5.75 Å². The predicted octanol–water partition coefficient (Wildman–Crippen LogP) is 1.21. The first-order valence-electron chi connectivity index (χ1n) is 7.46. The lowest BCUT2D eigenvalue weighted by molar-refractivity contribution is 0.243. The molecule has 0 unspecified atom stereocenters. The molecule has 20 heavy (non-hydrogen) atoms. The normalized spacial score (nSPS) is 16.8. The lowest BCUT2D eigenvalue weighted by atomic mass is 10.0. The van der Waals surface area contributed by atoms with Crippen LogP contribution in [0.5, 0.6) is 5.75 Å². The summed E-state index contributed by atoms with van der Waals surface area (Å²) in [6.45, 7) is 8.25. The minimum absolute atomic E-state index is 0.494. The summed E-state index contributed by atoms with van der Waals surface area (Å²) in [4.78, 5) is 4.56. The molecule has 1 saturated heterocycles. The molecule has 112 valence electrons. The smallest absolute Gasteiger partial charge is 0.123 e. The highest BCUT2D eigenvalue weighted by atomic mass is 16.3. The molecule has 0 spiro atoms. The second-order valence-corrected chi connectivity index (χ2v) is 5.95. The van der Waals surface area contributed by atoms with E-state index in [1.165, 1.54) is 5.56 Å². The van der Waals surface area contributed by atoms with Crippen molar-refractivity contribution in [3.05, 3.63) is 28.8 Å². The monoisotopic (exact) mass is 277 g/mol. The quantitative estimate of drug-likeness (QED) is 0.848. The van der Waals surface area contributed by atoms with Crippen molar-refractivity contribution in [2.24, 2.45) is 0 Å². The van der Waals surface area contributed by atoms with Gasteiger partial charge in [0.25, 0.3) is 0 Å². The van der Waals surface area contributed by atoms with Crippen molar-refractivity contribution >= 4 is 0 Å². The number of rotatable bonds is 5. The molecule has 1 aliphatic rings. The van der Waals surface area contributed by atoms with Crippen LogP contribution in [0.15, 0.2) is 12.1 Å². The molecule has 0 aliphatic carbocycles. The number of hydrogen-bond acceptors (Lipinski definition) is 4. The molecule has 0 radical (unpaired) electrons. The fourth-order valence-corrected chi connectivity index (χ4v) is 2.72. The molecule has 0 aromatic heterocycles. The van der Waals surface area contributed by atoms with Crippen molar-refractivity contribution in [2.75, 3.05) is 46.8 Å². The lowest BCUT2D eigenvalue weighted by Gasteiger charge is -2.27. The minimum atomic E-state index is 0.494. The van der Waals surface area contributed by atoms with Crippen molar-refractivity contribution in [2.45, 2.75) is 19.9 Å². The summed E-state index contributed by atoms with van der Waals surface area (Å²) in [6, 6.07) is 4.21. The number of aromatic hydroxyl groups is 1. The summed E-state index contributed by atoms with van der Waals surface area (Å²) in [5, 5.41) is 13.9. The Kier molecular flexibility index (Phi) is 5.40. The average molecular weight is 277 g/mol. The van der Waals surface area contributed by atoms with Gasteiger partial charge >= 0.3 is 0 Å². The van der Waals surface area contributed by atoms with Crippen LogP contribution in [0.2, 0.25) is 0 Å². The van der Waals surface area contributed by atoms with E-state index in [4.69, 9.17) is 0 Å². The summed E-state index contributed by atoms with van der Waals surface area (Å²) in [5.41, 5.74) is 3.31. The number of phenolic OH excluding ortho intramolecular Hbond substituents is 1. The van der Waals surface area contributed by atoms with Gasteiger partial charge in [-0.2, -0.15) is 0 Å². The van der Waals surface area contributed by atoms with Crippen LogP contribution in [-0.4, -0.2) is 61.7 Å². The maximum absolute atomic E-state index is 10.5. The molecule has 0 saturated carbocycles. The van der Waals surface area contributed by atoms with Gasteiger partial charge in [-0.1, -0.05) is 12.1 Å². The van der Waals surface area contributed by atoms with Gasteiger partial charge in [0.2, 0.25) is 0 Å². The Bertz CT molecular complexity index is 440. The van der Waals surface area contributed by atoms with E-state index in [0.717, 1.165) is 56.8 Å². The van der Waals surface area contributed by atoms with Gasteiger partial charge in [-0.25, -0.2) is 0 Å². The number of phenols is 1. The lowest BCUT2D eigenvalue weighted by Crippen LogP contribution is -2.44. The average Bonchev–Trinajstić information content (AvgIpc) is 2.43. The van der Waals surface area contributed by atoms with E-state index in [1.54, 1.807) is 0 Å². The summed E-state index contributed by atoms with van der Waals surface area (Å²) in [7, 11) is 4.07. The summed E-state index contributed by atoms with van der Waals surface area (Å²) in [5.74, 6) is 0.494. The van der Waals surface area contributed by atoms with Crippen LogP contribution in [0, 0.1) is 6.92 Å². The summed E-state index contributed by atoms with van der Waals surface area (Å²) in [6.07, 6.45) is 0.923. The largest absolute Gasteiger partial charge is 0.507 e. The highest BCUT2D eigenvalue weighted by Gasteiger charge is 2.14. The molecule has 1 aromatic carbocycles. The fraction of sp³-hybridized carbons (Fsp3) is 0.625. The maximum atomic E-state index is 10.5. The molecule has 1 aliphatic heterocycles. The van der Waals surface area contributed by atoms with Crippen LogP contribution in [0.25, 0.3) is 0 Å². The van der Waals surface area contributed by atoms with Crippen LogP contribution >= 0.6 is 0 Å². The zero-order valence-electron chi connectivity index (χ0n) is 12.9. The van der Waals surface area contributed by atoms with Crippen molar-refractivity contribution < 1.29 is 5.11 Å². The van der Waals surface area contributed by atoms with Gasteiger partial charge in [-0.05, 0) is 38.6 Å². The number of nitrogens with zero attached hydrogens (tertiary/aromatic N) is 2. The zero-order chi connectivity index (χ0) is 14.5. The van der Waals surface area contributed by atoms with Gasteiger partial charge in [-0.3, -0.25) is 0 Å².